The summed E-state index contributed by atoms with van der Waals surface area (Å²) in [6.07, 6.45) is -2.16. The molecule has 1 unspecified atom stereocenters. The Morgan fingerprint density at radius 2 is 1.27 bits per heavy atom. The fourth-order valence-electron chi connectivity index (χ4n) is 18.6. The van der Waals surface area contributed by atoms with E-state index in [1.54, 1.807) is 0 Å². The van der Waals surface area contributed by atoms with Gasteiger partial charge in [-0.05, 0) is 80.8 Å². The summed E-state index contributed by atoms with van der Waals surface area (Å²) in [5, 5.41) is 42.5. The van der Waals surface area contributed by atoms with Crippen molar-refractivity contribution in [3.8, 4) is 0 Å². The van der Waals surface area contributed by atoms with Crippen molar-refractivity contribution in [1.82, 2.24) is 0 Å². The molecule has 0 aromatic carbocycles. The molecule has 16 saturated heterocycles. The van der Waals surface area contributed by atoms with Gasteiger partial charge in [0.15, 0.2) is 17.4 Å². The summed E-state index contributed by atoms with van der Waals surface area (Å²) < 4.78 is 103. The largest absolute Gasteiger partial charge is 0.459 e. The van der Waals surface area contributed by atoms with Crippen LogP contribution >= 0.6 is 0 Å². The summed E-state index contributed by atoms with van der Waals surface area (Å²) in [7, 11) is 0. The number of hydrogen-bond donors (Lipinski definition) is 4. The second-order valence-electron chi connectivity index (χ2n) is 28.2. The topological polar surface area (TPSA) is 236 Å². The summed E-state index contributed by atoms with van der Waals surface area (Å²) in [5.74, 6) is -3.44. The summed E-state index contributed by atoms with van der Waals surface area (Å²) >= 11 is 0. The van der Waals surface area contributed by atoms with E-state index in [2.05, 4.69) is 40.9 Å². The maximum Gasteiger partial charge on any atom is 0.308 e. The van der Waals surface area contributed by atoms with E-state index in [1.807, 2.05) is 6.92 Å². The van der Waals surface area contributed by atoms with Crippen LogP contribution in [0.25, 0.3) is 0 Å². The number of esters is 1. The highest BCUT2D eigenvalue weighted by atomic mass is 16.8. The van der Waals surface area contributed by atoms with Gasteiger partial charge in [-0.25, -0.2) is 0 Å². The molecule has 16 aliphatic rings. The van der Waals surface area contributed by atoms with E-state index in [-0.39, 0.29) is 116 Å². The smallest absolute Gasteiger partial charge is 0.308 e. The molecule has 16 fully saturated rings. The molecule has 0 saturated carbocycles. The SMILES string of the molecule is C=C1C[C@@H]2CC[C@]34OC5[C@@H]6O[C@H]7CC[C@H](CC(=O)O[C@@H]8[C@@H](C)[C@@H]9O[C@@H]%10C[C@@]%11(C[C@@H]%12O[C@]%13(C[C@H](C)[C@@H]%14O[C@H]([C@@H](O)C[C@@H](O)CO)C[C@@H]%14O%13)C[C@H](C)[C@@H]%12O%11)O[C@@H]%10C[C@@H]9O[C@H]8C[C@H]8O[C@@H](CC[C@@H]1O2)C[C@@H](C)C8=C)O[C@@H]7[C@H](O3)[C@@H]6O[C@@]5(C)[C@H]4O. The molecule has 16 rings (SSSR count). The van der Waals surface area contributed by atoms with Gasteiger partial charge >= 0.3 is 5.97 Å². The molecule has 16 aliphatic heterocycles. The minimum absolute atomic E-state index is 0.0117. The number of ether oxygens (including phenoxy) is 15. The fourth-order valence-corrected chi connectivity index (χ4v) is 18.6. The lowest BCUT2D eigenvalue weighted by Crippen LogP contribution is -2.63. The zero-order valence-corrected chi connectivity index (χ0v) is 47.7. The standard InChI is InChI=1S/C61H88O20/c1-26-14-33-8-10-37-27(2)15-35(67-37)12-13-61-57(66)58(7)56(81-61)55-54(78-58)53(80-61)52-38(71-55)11-9-34(69-52)17-47(65)74-51-31(6)50-43(70-42(51)18-39(68-33)30(26)5)20-41-45(73-50)23-60(75-41)24-46-49(79-60)29(4)22-59(77-46)21-28(3)48-44(76-59)19-40(72-48)36(64)16-32(63)25-62/h26,28-29,31-46,48-57,62-64,66H,2,5,8-25H2,1,3-4,6-7H3/t26-,28+,29+,31+,32-,33+,34-,35+,36+,37+,38+,39-,40+,41-,42+,43+,44+,45-,46+,48+,49+,50+,51-,52+,53+,54+,55-,56?,57-,58-,59-,60-,61-/m1/s1. The fraction of sp³-hybridized carbons (Fsp3) is 0.918. The van der Waals surface area contributed by atoms with Crippen LogP contribution in [-0.2, 0) is 75.8 Å². The number of carbonyl (C=O) groups excluding carboxylic acids is 1. The average molecular weight is 1140 g/mol. The number of aliphatic hydroxyl groups is 4. The molecule has 12 bridgehead atoms. The quantitative estimate of drug-likeness (QED) is 0.227. The highest BCUT2D eigenvalue weighted by Crippen LogP contribution is 2.60. The Labute approximate surface area is 474 Å². The van der Waals surface area contributed by atoms with E-state index >= 15 is 0 Å². The van der Waals surface area contributed by atoms with Crippen molar-refractivity contribution in [3.63, 3.8) is 0 Å². The van der Waals surface area contributed by atoms with Crippen LogP contribution in [0.15, 0.2) is 24.3 Å². The Balaban J connectivity index is 0.660. The van der Waals surface area contributed by atoms with E-state index in [9.17, 15) is 25.2 Å². The molecule has 452 valence electrons. The zero-order valence-electron chi connectivity index (χ0n) is 47.7. The summed E-state index contributed by atoms with van der Waals surface area (Å²) in [5.41, 5.74) is 1.03. The molecule has 0 aromatic rings. The minimum Gasteiger partial charge on any atom is -0.459 e. The maximum absolute atomic E-state index is 14.6. The van der Waals surface area contributed by atoms with Crippen molar-refractivity contribution in [2.45, 2.75) is 319 Å². The van der Waals surface area contributed by atoms with Crippen LogP contribution in [0.4, 0.5) is 0 Å². The molecule has 20 nitrogen and oxygen atoms in total. The van der Waals surface area contributed by atoms with E-state index in [4.69, 9.17) is 71.1 Å². The highest BCUT2D eigenvalue weighted by molar-refractivity contribution is 5.70. The van der Waals surface area contributed by atoms with Crippen molar-refractivity contribution >= 4 is 5.97 Å². The lowest BCUT2D eigenvalue weighted by atomic mass is 9.79. The zero-order chi connectivity index (χ0) is 55.8. The van der Waals surface area contributed by atoms with Gasteiger partial charge in [0.25, 0.3) is 0 Å². The third-order valence-electron chi connectivity index (χ3n) is 22.5. The number of aliphatic hydroxyl groups excluding tert-OH is 4. The van der Waals surface area contributed by atoms with Crippen molar-refractivity contribution in [2.24, 2.45) is 23.7 Å². The Morgan fingerprint density at radius 3 is 2.10 bits per heavy atom. The number of carbonyl (C=O) groups is 1. The van der Waals surface area contributed by atoms with Gasteiger partial charge in [0.05, 0.1) is 123 Å². The van der Waals surface area contributed by atoms with E-state index in [0.29, 0.717) is 77.0 Å². The van der Waals surface area contributed by atoms with Crippen LogP contribution in [0.1, 0.15) is 144 Å². The molecular formula is C61H88O20. The second kappa shape index (κ2) is 20.4. The summed E-state index contributed by atoms with van der Waals surface area (Å²) in [6.45, 7) is 19.2. The van der Waals surface area contributed by atoms with Gasteiger partial charge in [0, 0.05) is 63.7 Å². The predicted molar refractivity (Wildman–Crippen MR) is 280 cm³/mol. The first-order chi connectivity index (χ1) is 38.8. The molecule has 0 aliphatic carbocycles. The van der Waals surface area contributed by atoms with Gasteiger partial charge in [0.1, 0.15) is 48.3 Å². The van der Waals surface area contributed by atoms with Crippen LogP contribution in [0.3, 0.4) is 0 Å². The van der Waals surface area contributed by atoms with Gasteiger partial charge in [0.2, 0.25) is 0 Å². The average Bonchev–Trinajstić information content (AvgIpc) is 4.41. The minimum atomic E-state index is -1.35. The van der Waals surface area contributed by atoms with Crippen molar-refractivity contribution in [2.75, 3.05) is 6.61 Å². The molecule has 3 spiro atoms. The third-order valence-corrected chi connectivity index (χ3v) is 22.5. The highest BCUT2D eigenvalue weighted by Gasteiger charge is 2.77. The number of hydrogen-bond acceptors (Lipinski definition) is 20. The normalized spacial score (nSPS) is 57.9. The van der Waals surface area contributed by atoms with Gasteiger partial charge in [-0.3, -0.25) is 4.79 Å². The molecule has 33 atom stereocenters. The molecule has 4 N–H and O–H groups in total. The van der Waals surface area contributed by atoms with E-state index in [1.165, 1.54) is 0 Å². The first kappa shape index (κ1) is 55.8. The van der Waals surface area contributed by atoms with Gasteiger partial charge in [-0.15, -0.1) is 0 Å². The second-order valence-corrected chi connectivity index (χ2v) is 28.2. The Kier molecular flexibility index (Phi) is 14.1. The Morgan fingerprint density at radius 1 is 0.568 bits per heavy atom. The summed E-state index contributed by atoms with van der Waals surface area (Å²) in [6, 6.07) is 0. The number of fused-ring (bicyclic) bond motifs is 10. The van der Waals surface area contributed by atoms with Gasteiger partial charge < -0.3 is 91.5 Å². The Hall–Kier alpha value is -1.77. The van der Waals surface area contributed by atoms with Crippen LogP contribution in [0, 0.1) is 23.7 Å². The predicted octanol–water partition coefficient (Wildman–Crippen LogP) is 4.29. The molecule has 0 amide bonds. The first-order valence-electron chi connectivity index (χ1n) is 31.3. The molecular weight excluding hydrogens is 1050 g/mol. The maximum atomic E-state index is 14.6. The van der Waals surface area contributed by atoms with Crippen LogP contribution in [0.5, 0.6) is 0 Å². The van der Waals surface area contributed by atoms with Crippen molar-refractivity contribution in [3.05, 3.63) is 24.3 Å². The van der Waals surface area contributed by atoms with E-state index in [0.717, 1.165) is 30.4 Å². The van der Waals surface area contributed by atoms with Crippen molar-refractivity contribution in [1.29, 1.82) is 0 Å². The molecule has 0 aromatic heterocycles. The summed E-state index contributed by atoms with van der Waals surface area (Å²) in [4.78, 5) is 14.6. The molecule has 16 heterocycles. The lowest BCUT2D eigenvalue weighted by molar-refractivity contribution is -0.347. The molecule has 81 heavy (non-hydrogen) atoms. The molecule has 20 heteroatoms. The van der Waals surface area contributed by atoms with Gasteiger partial charge in [-0.2, -0.15) is 0 Å². The molecule has 0 radical (unpaired) electrons. The van der Waals surface area contributed by atoms with Crippen LogP contribution < -0.4 is 0 Å². The third kappa shape index (κ3) is 9.29. The monoisotopic (exact) mass is 1140 g/mol. The Bertz CT molecular complexity index is 2430. The number of rotatable bonds is 4. The van der Waals surface area contributed by atoms with E-state index < -0.39 is 109 Å². The van der Waals surface area contributed by atoms with Crippen molar-refractivity contribution < 1.29 is 96.3 Å². The van der Waals surface area contributed by atoms with Crippen LogP contribution in [0.2, 0.25) is 0 Å². The van der Waals surface area contributed by atoms with Crippen LogP contribution in [-0.4, -0.2) is 209 Å². The van der Waals surface area contributed by atoms with Gasteiger partial charge in [-0.1, -0.05) is 40.9 Å². The first-order valence-corrected chi connectivity index (χ1v) is 31.3. The lowest BCUT2D eigenvalue weighted by Gasteiger charge is -2.50.